The highest BCUT2D eigenvalue weighted by Gasteiger charge is 2.58. The number of aliphatic hydroxyl groups is 3. The maximum absolute atomic E-state index is 14.4. The van der Waals surface area contributed by atoms with Gasteiger partial charge in [-0.3, -0.25) is 4.79 Å². The summed E-state index contributed by atoms with van der Waals surface area (Å²) in [5.41, 5.74) is -1.46. The summed E-state index contributed by atoms with van der Waals surface area (Å²) in [6, 6.07) is 7.55. The van der Waals surface area contributed by atoms with E-state index in [2.05, 4.69) is 30.9 Å². The molecule has 4 heterocycles. The zero-order chi connectivity index (χ0) is 42.0. The molecule has 1 aromatic rings. The number of hydrogen-bond donors (Lipinski definition) is 3. The van der Waals surface area contributed by atoms with Crippen molar-refractivity contribution in [2.24, 2.45) is 17.8 Å². The van der Waals surface area contributed by atoms with Gasteiger partial charge in [-0.2, -0.15) is 0 Å². The number of likely N-dealkylation sites (N-methyl/N-ethyl adjacent to an activating group) is 2. The van der Waals surface area contributed by atoms with E-state index >= 15 is 0 Å². The highest BCUT2D eigenvalue weighted by molar-refractivity contribution is 5.73. The summed E-state index contributed by atoms with van der Waals surface area (Å²) in [6.45, 7) is 18.3. The van der Waals surface area contributed by atoms with Crippen molar-refractivity contribution in [2.45, 2.75) is 166 Å². The number of benzene rings is 1. The molecule has 0 radical (unpaired) electrons. The predicted molar refractivity (Wildman–Crippen MR) is 218 cm³/mol. The number of rotatable bonds is 8. The molecule has 57 heavy (non-hydrogen) atoms. The number of fused-ring (bicyclic) bond motifs is 3. The van der Waals surface area contributed by atoms with Crippen LogP contribution in [0.4, 0.5) is 0 Å². The zero-order valence-electron chi connectivity index (χ0n) is 36.8. The van der Waals surface area contributed by atoms with Crippen LogP contribution in [0.3, 0.4) is 0 Å². The smallest absolute Gasteiger partial charge is 0.311 e. The Labute approximate surface area is 342 Å². The lowest BCUT2D eigenvalue weighted by Crippen LogP contribution is -2.60. The van der Waals surface area contributed by atoms with Crippen LogP contribution in [0.2, 0.25) is 0 Å². The molecule has 4 aliphatic heterocycles. The van der Waals surface area contributed by atoms with Crippen molar-refractivity contribution in [3.63, 3.8) is 0 Å². The third kappa shape index (κ3) is 10.3. The van der Waals surface area contributed by atoms with Gasteiger partial charge in [-0.15, -0.1) is 0 Å². The maximum Gasteiger partial charge on any atom is 0.311 e. The molecule has 14 atom stereocenters. The first-order valence-electron chi connectivity index (χ1n) is 21.4. The molecule has 5 rings (SSSR count). The molecular weight excluding hydrogens is 730 g/mol. The highest BCUT2D eigenvalue weighted by atomic mass is 16.7. The van der Waals surface area contributed by atoms with Crippen molar-refractivity contribution in [1.82, 2.24) is 14.7 Å². The van der Waals surface area contributed by atoms with Crippen LogP contribution in [0.1, 0.15) is 93.1 Å². The van der Waals surface area contributed by atoms with Crippen LogP contribution in [0.25, 0.3) is 0 Å². The number of ether oxygens (including phenoxy) is 6. The number of nitrogens with zero attached hydrogens (tertiary/aromatic N) is 3. The average molecular weight is 806 g/mol. The number of carbonyl (C=O) groups excluding carboxylic acids is 1. The normalized spacial score (nSPS) is 41.6. The zero-order valence-corrected chi connectivity index (χ0v) is 36.8. The molecule has 1 spiro atoms. The Bertz CT molecular complexity index is 1460. The van der Waals surface area contributed by atoms with Crippen molar-refractivity contribution in [1.29, 1.82) is 0 Å². The van der Waals surface area contributed by atoms with E-state index in [1.165, 1.54) is 5.56 Å². The molecule has 326 valence electrons. The Balaban J connectivity index is 1.54. The summed E-state index contributed by atoms with van der Waals surface area (Å²) < 4.78 is 39.8. The Morgan fingerprint density at radius 3 is 2.37 bits per heavy atom. The van der Waals surface area contributed by atoms with Gasteiger partial charge < -0.3 is 58.4 Å². The first-order valence-corrected chi connectivity index (χ1v) is 21.4. The number of methoxy groups -OCH3 is 1. The summed E-state index contributed by atoms with van der Waals surface area (Å²) in [4.78, 5) is 20.9. The van der Waals surface area contributed by atoms with Crippen LogP contribution in [0.5, 0.6) is 5.75 Å². The Morgan fingerprint density at radius 1 is 1.05 bits per heavy atom. The maximum atomic E-state index is 14.4. The van der Waals surface area contributed by atoms with E-state index < -0.39 is 77.6 Å². The number of aliphatic hydroxyl groups excluding tert-OH is 2. The number of likely N-dealkylation sites (tertiary alicyclic amines) is 1. The van der Waals surface area contributed by atoms with E-state index in [-0.39, 0.29) is 18.1 Å². The number of esters is 1. The summed E-state index contributed by atoms with van der Waals surface area (Å²) in [6.07, 6.45) is -2.03. The van der Waals surface area contributed by atoms with Gasteiger partial charge in [-0.25, -0.2) is 0 Å². The van der Waals surface area contributed by atoms with Gasteiger partial charge in [0.15, 0.2) is 12.1 Å². The molecule has 4 aliphatic rings. The monoisotopic (exact) mass is 806 g/mol. The fraction of sp³-hybridized carbons (Fsp3) is 0.841. The molecule has 0 saturated carbocycles. The molecule has 13 nitrogen and oxygen atoms in total. The SMILES string of the molecule is CC[C@H]1OC(=O)[C@H](C)[C@H]2OC3(CCN(CCc4cccc(OC)c4)CC3)O[C@](C)(C[C@@H](C)CN(C)[C@H](C)[C@@H](O)[C@]1(C)O)[C@H](O[C@@H]1O[C@H](C)C[C@H](N(C)C)[C@H]1O)[C@H]2C. The molecular formula is C44H75N3O10. The van der Waals surface area contributed by atoms with Crippen LogP contribution in [0, 0.1) is 17.8 Å². The highest BCUT2D eigenvalue weighted by Crippen LogP contribution is 2.48. The van der Waals surface area contributed by atoms with E-state index in [0.29, 0.717) is 38.6 Å². The molecule has 4 fully saturated rings. The first kappa shape index (κ1) is 46.2. The quantitative estimate of drug-likeness (QED) is 0.326. The second-order valence-electron chi connectivity index (χ2n) is 18.6. The lowest BCUT2D eigenvalue weighted by Gasteiger charge is -2.49. The molecule has 1 aromatic carbocycles. The third-order valence-electron chi connectivity index (χ3n) is 13.6. The standard InChI is InChI=1S/C44H75N3O10/c1-13-35-43(8,51)38(49)31(6)46(11)26-27(2)25-42(7)39(55-41-36(48)34(45(9)10)23-28(3)53-41)29(4)37(30(5)40(50)54-35)56-44(57-42)18-21-47(22-19-44)20-17-32-15-14-16-33(24-32)52-12/h14-16,24,27-31,34-39,41,48-49,51H,13,17-23,25-26H2,1-12H3/t27-,28-,29+,30-,31-,34+,35-,36-,37+,38-,39-,41+,42-,43-/m1/s1. The molecule has 0 aromatic heterocycles. The topological polar surface area (TPSA) is 143 Å². The lowest BCUT2D eigenvalue weighted by molar-refractivity contribution is -0.332. The fourth-order valence-electron chi connectivity index (χ4n) is 10.2. The largest absolute Gasteiger partial charge is 0.497 e. The first-order chi connectivity index (χ1) is 26.7. The van der Waals surface area contributed by atoms with Crippen LogP contribution in [0.15, 0.2) is 24.3 Å². The molecule has 0 aliphatic carbocycles. The van der Waals surface area contributed by atoms with E-state index in [1.807, 2.05) is 77.7 Å². The minimum Gasteiger partial charge on any atom is -0.497 e. The van der Waals surface area contributed by atoms with Gasteiger partial charge >= 0.3 is 5.97 Å². The van der Waals surface area contributed by atoms with Gasteiger partial charge in [-0.05, 0) is 105 Å². The lowest BCUT2D eigenvalue weighted by atomic mass is 9.78. The second kappa shape index (κ2) is 18.8. The van der Waals surface area contributed by atoms with E-state index in [1.54, 1.807) is 14.0 Å². The second-order valence-corrected chi connectivity index (χ2v) is 18.6. The number of carbonyl (C=O) groups is 1. The minimum atomic E-state index is -1.71. The minimum absolute atomic E-state index is 0.0301. The Hall–Kier alpha value is -1.91. The van der Waals surface area contributed by atoms with Gasteiger partial charge in [-0.1, -0.05) is 32.9 Å². The van der Waals surface area contributed by atoms with Crippen LogP contribution in [-0.4, -0.2) is 162 Å². The number of hydrogen-bond acceptors (Lipinski definition) is 13. The predicted octanol–water partition coefficient (Wildman–Crippen LogP) is 4.08. The molecule has 0 amide bonds. The molecule has 2 bridgehead atoms. The summed E-state index contributed by atoms with van der Waals surface area (Å²) >= 11 is 0. The Morgan fingerprint density at radius 2 is 1.74 bits per heavy atom. The molecule has 3 N–H and O–H groups in total. The molecule has 4 saturated heterocycles. The van der Waals surface area contributed by atoms with Crippen molar-refractivity contribution in [2.75, 3.05) is 54.4 Å². The van der Waals surface area contributed by atoms with E-state index in [0.717, 1.165) is 31.8 Å². The van der Waals surface area contributed by atoms with Crippen molar-refractivity contribution < 1.29 is 48.5 Å². The fourth-order valence-corrected chi connectivity index (χ4v) is 10.2. The third-order valence-corrected chi connectivity index (χ3v) is 13.6. The van der Waals surface area contributed by atoms with E-state index in [4.69, 9.17) is 28.4 Å². The van der Waals surface area contributed by atoms with Gasteiger partial charge in [0, 0.05) is 57.0 Å². The van der Waals surface area contributed by atoms with Gasteiger partial charge in [0.1, 0.15) is 29.7 Å². The summed E-state index contributed by atoms with van der Waals surface area (Å²) in [5.74, 6) is -1.91. The molecule has 13 heteroatoms. The number of cyclic esters (lactones) is 1. The van der Waals surface area contributed by atoms with Crippen molar-refractivity contribution in [3.05, 3.63) is 29.8 Å². The molecule has 0 unspecified atom stereocenters. The van der Waals surface area contributed by atoms with Gasteiger partial charge in [0.05, 0.1) is 36.9 Å². The van der Waals surface area contributed by atoms with Gasteiger partial charge in [0.2, 0.25) is 0 Å². The average Bonchev–Trinajstić information content (AvgIpc) is 3.24. The Kier molecular flexibility index (Phi) is 15.2. The summed E-state index contributed by atoms with van der Waals surface area (Å²) in [7, 11) is 7.54. The van der Waals surface area contributed by atoms with E-state index in [9.17, 15) is 20.1 Å². The van der Waals surface area contributed by atoms with Crippen LogP contribution < -0.4 is 4.74 Å². The van der Waals surface area contributed by atoms with Gasteiger partial charge in [0.25, 0.3) is 0 Å². The van der Waals surface area contributed by atoms with Crippen molar-refractivity contribution in [3.8, 4) is 5.75 Å². The summed E-state index contributed by atoms with van der Waals surface area (Å²) in [5, 5.41) is 35.1. The van der Waals surface area contributed by atoms with Crippen molar-refractivity contribution >= 4 is 5.97 Å². The van der Waals surface area contributed by atoms with Crippen LogP contribution in [-0.2, 0) is 34.9 Å². The number of piperidine rings is 1. The van der Waals surface area contributed by atoms with Crippen LogP contribution >= 0.6 is 0 Å².